The molecule has 2 rings (SSSR count). The van der Waals surface area contributed by atoms with Crippen molar-refractivity contribution in [1.29, 1.82) is 0 Å². The van der Waals surface area contributed by atoms with E-state index in [4.69, 9.17) is 10.5 Å². The lowest BCUT2D eigenvalue weighted by Gasteiger charge is -2.17. The first-order valence-electron chi connectivity index (χ1n) is 8.47. The molecule has 0 spiro atoms. The topological polar surface area (TPSA) is 64.3 Å². The number of hydrogen-bond acceptors (Lipinski definition) is 4. The van der Waals surface area contributed by atoms with Crippen LogP contribution in [-0.2, 0) is 11.2 Å². The van der Waals surface area contributed by atoms with Gasteiger partial charge in [-0.05, 0) is 49.9 Å². The minimum Gasteiger partial charge on any atom is -0.462 e. The second-order valence-electron chi connectivity index (χ2n) is 6.01. The summed E-state index contributed by atoms with van der Waals surface area (Å²) in [6, 6.07) is 16.0. The van der Waals surface area contributed by atoms with Gasteiger partial charge in [-0.25, -0.2) is 4.79 Å². The normalized spacial score (nSPS) is 11.8. The number of nitrogen functional groups attached to an aromatic ring is 1. The number of rotatable bonds is 8. The fourth-order valence-electron chi connectivity index (χ4n) is 2.46. The van der Waals surface area contributed by atoms with Crippen LogP contribution in [0.4, 0.5) is 11.4 Å². The highest BCUT2D eigenvalue weighted by Crippen LogP contribution is 2.22. The van der Waals surface area contributed by atoms with Crippen LogP contribution >= 0.6 is 0 Å². The Morgan fingerprint density at radius 3 is 2.62 bits per heavy atom. The van der Waals surface area contributed by atoms with Gasteiger partial charge in [-0.1, -0.05) is 37.3 Å². The second kappa shape index (κ2) is 8.96. The molecule has 2 aromatic carbocycles. The predicted molar refractivity (Wildman–Crippen MR) is 99.3 cm³/mol. The second-order valence-corrected chi connectivity index (χ2v) is 6.01. The maximum absolute atomic E-state index is 11.9. The van der Waals surface area contributed by atoms with E-state index in [-0.39, 0.29) is 12.0 Å². The fraction of sp³-hybridized carbons (Fsp3) is 0.350. The van der Waals surface area contributed by atoms with E-state index in [1.54, 1.807) is 12.1 Å². The summed E-state index contributed by atoms with van der Waals surface area (Å²) in [6.45, 7) is 4.52. The van der Waals surface area contributed by atoms with Crippen LogP contribution < -0.4 is 11.1 Å². The average Bonchev–Trinajstić information content (AvgIpc) is 2.60. The Hall–Kier alpha value is -2.49. The molecule has 0 aliphatic heterocycles. The van der Waals surface area contributed by atoms with E-state index < -0.39 is 0 Å². The van der Waals surface area contributed by atoms with Gasteiger partial charge in [0.25, 0.3) is 0 Å². The van der Waals surface area contributed by atoms with Crippen LogP contribution in [0.1, 0.15) is 42.6 Å². The van der Waals surface area contributed by atoms with Crippen LogP contribution in [0.3, 0.4) is 0 Å². The molecule has 24 heavy (non-hydrogen) atoms. The summed E-state index contributed by atoms with van der Waals surface area (Å²) < 4.78 is 5.13. The summed E-state index contributed by atoms with van der Waals surface area (Å²) in [5, 5.41) is 3.41. The summed E-state index contributed by atoms with van der Waals surface area (Å²) >= 11 is 0. The molecule has 0 aromatic heterocycles. The van der Waals surface area contributed by atoms with Gasteiger partial charge in [-0.3, -0.25) is 0 Å². The quantitative estimate of drug-likeness (QED) is 0.562. The van der Waals surface area contributed by atoms with Gasteiger partial charge in [0.15, 0.2) is 0 Å². The van der Waals surface area contributed by atoms with Crippen LogP contribution in [0.2, 0.25) is 0 Å². The van der Waals surface area contributed by atoms with Crippen molar-refractivity contribution in [2.24, 2.45) is 0 Å². The predicted octanol–water partition coefficient (Wildman–Crippen LogP) is 4.27. The van der Waals surface area contributed by atoms with Crippen molar-refractivity contribution >= 4 is 17.3 Å². The third-order valence-corrected chi connectivity index (χ3v) is 3.84. The minimum absolute atomic E-state index is 0.283. The number of benzene rings is 2. The minimum atomic E-state index is -0.327. The van der Waals surface area contributed by atoms with Crippen molar-refractivity contribution < 1.29 is 9.53 Å². The molecule has 0 aliphatic rings. The van der Waals surface area contributed by atoms with Crippen LogP contribution in [0.5, 0.6) is 0 Å². The van der Waals surface area contributed by atoms with Crippen LogP contribution in [0.25, 0.3) is 0 Å². The number of nitrogens with one attached hydrogen (secondary N) is 1. The summed E-state index contributed by atoms with van der Waals surface area (Å²) in [5.74, 6) is -0.327. The summed E-state index contributed by atoms with van der Waals surface area (Å²) in [6.07, 6.45) is 2.82. The number of nitrogens with two attached hydrogens (primary N) is 1. The Morgan fingerprint density at radius 2 is 1.96 bits per heavy atom. The SMILES string of the molecule is CCCOC(=O)c1ccc(N[C@H](C)CCc2ccccc2)c(N)c1. The zero-order valence-electron chi connectivity index (χ0n) is 14.4. The molecule has 3 N–H and O–H groups in total. The first kappa shape index (κ1) is 17.9. The standard InChI is InChI=1S/C20H26N2O2/c1-3-13-24-20(23)17-11-12-19(18(21)14-17)22-15(2)9-10-16-7-5-4-6-8-16/h4-8,11-12,14-15,22H,3,9-10,13,21H2,1-2H3/t15-/m1/s1. The van der Waals surface area contributed by atoms with Gasteiger partial charge in [0, 0.05) is 6.04 Å². The monoisotopic (exact) mass is 326 g/mol. The van der Waals surface area contributed by atoms with Crippen LogP contribution in [0, 0.1) is 0 Å². The van der Waals surface area contributed by atoms with E-state index in [1.165, 1.54) is 5.56 Å². The zero-order valence-corrected chi connectivity index (χ0v) is 14.4. The maximum atomic E-state index is 11.9. The lowest BCUT2D eigenvalue weighted by Crippen LogP contribution is -2.17. The van der Waals surface area contributed by atoms with Crippen molar-refractivity contribution in [3.05, 3.63) is 59.7 Å². The number of esters is 1. The fourth-order valence-corrected chi connectivity index (χ4v) is 2.46. The van der Waals surface area contributed by atoms with E-state index in [0.717, 1.165) is 24.9 Å². The molecule has 0 amide bonds. The molecule has 4 nitrogen and oxygen atoms in total. The number of anilines is 2. The highest BCUT2D eigenvalue weighted by molar-refractivity contribution is 5.92. The van der Waals surface area contributed by atoms with E-state index in [9.17, 15) is 4.79 Å². The third kappa shape index (κ3) is 5.30. The van der Waals surface area contributed by atoms with E-state index in [1.807, 2.05) is 19.1 Å². The molecule has 0 bridgehead atoms. The number of aryl methyl sites for hydroxylation is 1. The molecule has 0 saturated heterocycles. The largest absolute Gasteiger partial charge is 0.462 e. The molecule has 128 valence electrons. The van der Waals surface area contributed by atoms with Crippen molar-refractivity contribution in [1.82, 2.24) is 0 Å². The lowest BCUT2D eigenvalue weighted by molar-refractivity contribution is 0.0505. The molecule has 0 unspecified atom stereocenters. The van der Waals surface area contributed by atoms with Gasteiger partial charge in [0.2, 0.25) is 0 Å². The molecule has 1 atom stereocenters. The summed E-state index contributed by atoms with van der Waals surface area (Å²) in [5.41, 5.74) is 9.30. The molecule has 0 heterocycles. The number of carbonyl (C=O) groups excluding carboxylic acids is 1. The van der Waals surface area contributed by atoms with E-state index in [0.29, 0.717) is 17.9 Å². The first-order chi connectivity index (χ1) is 11.6. The highest BCUT2D eigenvalue weighted by atomic mass is 16.5. The summed E-state index contributed by atoms with van der Waals surface area (Å²) in [4.78, 5) is 11.9. The Bertz CT molecular complexity index is 656. The van der Waals surface area contributed by atoms with Gasteiger partial charge in [-0.2, -0.15) is 0 Å². The lowest BCUT2D eigenvalue weighted by atomic mass is 10.1. The molecule has 0 fully saturated rings. The van der Waals surface area contributed by atoms with Gasteiger partial charge in [0.1, 0.15) is 0 Å². The Labute approximate surface area is 144 Å². The Kier molecular flexibility index (Phi) is 6.67. The van der Waals surface area contributed by atoms with E-state index in [2.05, 4.69) is 36.5 Å². The number of hydrogen-bond donors (Lipinski definition) is 2. The highest BCUT2D eigenvalue weighted by Gasteiger charge is 2.11. The van der Waals surface area contributed by atoms with Gasteiger partial charge < -0.3 is 15.8 Å². The summed E-state index contributed by atoms with van der Waals surface area (Å²) in [7, 11) is 0. The third-order valence-electron chi connectivity index (χ3n) is 3.84. The van der Waals surface area contributed by atoms with Crippen LogP contribution in [0.15, 0.2) is 48.5 Å². The Morgan fingerprint density at radius 1 is 1.21 bits per heavy atom. The molecule has 0 saturated carbocycles. The smallest absolute Gasteiger partial charge is 0.338 e. The van der Waals surface area contributed by atoms with Crippen molar-refractivity contribution in [2.45, 2.75) is 39.2 Å². The zero-order chi connectivity index (χ0) is 17.4. The van der Waals surface area contributed by atoms with Crippen molar-refractivity contribution in [3.8, 4) is 0 Å². The molecular weight excluding hydrogens is 300 g/mol. The molecule has 4 heteroatoms. The van der Waals surface area contributed by atoms with Crippen molar-refractivity contribution in [3.63, 3.8) is 0 Å². The maximum Gasteiger partial charge on any atom is 0.338 e. The van der Waals surface area contributed by atoms with Gasteiger partial charge in [-0.15, -0.1) is 0 Å². The number of carbonyl (C=O) groups is 1. The first-order valence-corrected chi connectivity index (χ1v) is 8.47. The van der Waals surface area contributed by atoms with Crippen molar-refractivity contribution in [2.75, 3.05) is 17.7 Å². The molecule has 0 radical (unpaired) electrons. The molecule has 0 aliphatic carbocycles. The Balaban J connectivity index is 1.91. The average molecular weight is 326 g/mol. The van der Waals surface area contributed by atoms with E-state index >= 15 is 0 Å². The van der Waals surface area contributed by atoms with Crippen LogP contribution in [-0.4, -0.2) is 18.6 Å². The molecular formula is C20H26N2O2. The van der Waals surface area contributed by atoms with Gasteiger partial charge >= 0.3 is 5.97 Å². The number of ether oxygens (including phenoxy) is 1. The molecule has 2 aromatic rings. The van der Waals surface area contributed by atoms with Gasteiger partial charge in [0.05, 0.1) is 23.5 Å².